The van der Waals surface area contributed by atoms with E-state index in [1.165, 1.54) is 6.92 Å². The van der Waals surface area contributed by atoms with E-state index >= 15 is 0 Å². The minimum Gasteiger partial charge on any atom is -0.444 e. The topological polar surface area (TPSA) is 96.5 Å². The monoisotopic (exact) mass is 313 g/mol. The fourth-order valence-electron chi connectivity index (χ4n) is 2.42. The molecule has 0 saturated heterocycles. The van der Waals surface area contributed by atoms with Crippen molar-refractivity contribution in [1.82, 2.24) is 16.2 Å². The third-order valence-corrected chi connectivity index (χ3v) is 3.51. The lowest BCUT2D eigenvalue weighted by atomic mass is 9.81. The van der Waals surface area contributed by atoms with Gasteiger partial charge in [-0.1, -0.05) is 0 Å². The van der Waals surface area contributed by atoms with E-state index in [1.807, 2.05) is 20.8 Å². The van der Waals surface area contributed by atoms with E-state index < -0.39 is 11.7 Å². The lowest BCUT2D eigenvalue weighted by Crippen LogP contribution is -2.44. The van der Waals surface area contributed by atoms with E-state index in [9.17, 15) is 14.4 Å². The van der Waals surface area contributed by atoms with Crippen molar-refractivity contribution in [2.75, 3.05) is 6.54 Å². The molecular weight excluding hydrogens is 286 g/mol. The molecule has 1 rings (SSSR count). The summed E-state index contributed by atoms with van der Waals surface area (Å²) in [4.78, 5) is 34.2. The summed E-state index contributed by atoms with van der Waals surface area (Å²) in [6.07, 6.45) is 2.85. The van der Waals surface area contributed by atoms with Crippen LogP contribution in [0, 0.1) is 11.8 Å². The average molecular weight is 313 g/mol. The van der Waals surface area contributed by atoms with E-state index in [1.54, 1.807) is 0 Å². The average Bonchev–Trinajstić information content (AvgIpc) is 2.41. The molecule has 0 unspecified atom stereocenters. The molecule has 1 saturated carbocycles. The molecule has 7 heteroatoms. The number of ether oxygens (including phenoxy) is 1. The minimum atomic E-state index is -0.496. The summed E-state index contributed by atoms with van der Waals surface area (Å²) in [6, 6.07) is 0. The second-order valence-electron chi connectivity index (χ2n) is 6.77. The van der Waals surface area contributed by atoms with Crippen LogP contribution in [-0.4, -0.2) is 30.1 Å². The Morgan fingerprint density at radius 3 is 2.14 bits per heavy atom. The quantitative estimate of drug-likeness (QED) is 0.688. The molecular formula is C15H27N3O4. The van der Waals surface area contributed by atoms with Gasteiger partial charge in [0.1, 0.15) is 5.60 Å². The summed E-state index contributed by atoms with van der Waals surface area (Å²) in [6.45, 7) is 7.39. The van der Waals surface area contributed by atoms with E-state index in [0.29, 0.717) is 12.5 Å². The first kappa shape index (κ1) is 18.3. The summed E-state index contributed by atoms with van der Waals surface area (Å²) in [5.41, 5.74) is 4.22. The zero-order chi connectivity index (χ0) is 16.8. The van der Waals surface area contributed by atoms with E-state index in [2.05, 4.69) is 16.2 Å². The van der Waals surface area contributed by atoms with Gasteiger partial charge in [-0.25, -0.2) is 4.79 Å². The smallest absolute Gasteiger partial charge is 0.407 e. The van der Waals surface area contributed by atoms with Crippen LogP contribution in [0.1, 0.15) is 53.4 Å². The van der Waals surface area contributed by atoms with E-state index in [0.717, 1.165) is 25.7 Å². The molecule has 3 amide bonds. The molecule has 0 aliphatic heterocycles. The van der Waals surface area contributed by atoms with Gasteiger partial charge in [0, 0.05) is 19.4 Å². The van der Waals surface area contributed by atoms with Crippen LogP contribution in [0.3, 0.4) is 0 Å². The maximum absolute atomic E-state index is 11.8. The van der Waals surface area contributed by atoms with Crippen LogP contribution in [0.15, 0.2) is 0 Å². The van der Waals surface area contributed by atoms with Gasteiger partial charge in [-0.15, -0.1) is 0 Å². The standard InChI is InChI=1S/C15H27N3O4/c1-10(19)17-18-13(20)12-7-5-11(6-8-12)9-16-14(21)22-15(2,3)4/h11-12H,5-9H2,1-4H3,(H,16,21)(H,17,19)(H,18,20). The van der Waals surface area contributed by atoms with Gasteiger partial charge < -0.3 is 10.1 Å². The molecule has 0 aromatic carbocycles. The van der Waals surface area contributed by atoms with Crippen molar-refractivity contribution < 1.29 is 19.1 Å². The van der Waals surface area contributed by atoms with E-state index in [-0.39, 0.29) is 17.7 Å². The number of alkyl carbamates (subject to hydrolysis) is 1. The van der Waals surface area contributed by atoms with Crippen LogP contribution < -0.4 is 16.2 Å². The molecule has 0 aromatic rings. The number of hydrogen-bond acceptors (Lipinski definition) is 4. The van der Waals surface area contributed by atoms with Gasteiger partial charge >= 0.3 is 6.09 Å². The number of amides is 3. The zero-order valence-corrected chi connectivity index (χ0v) is 13.8. The molecule has 0 aromatic heterocycles. The van der Waals surface area contributed by atoms with Crippen molar-refractivity contribution >= 4 is 17.9 Å². The highest BCUT2D eigenvalue weighted by molar-refractivity contribution is 5.82. The van der Waals surface area contributed by atoms with Crippen molar-refractivity contribution in [3.63, 3.8) is 0 Å². The lowest BCUT2D eigenvalue weighted by molar-refractivity contribution is -0.131. The Morgan fingerprint density at radius 1 is 1.05 bits per heavy atom. The number of rotatable bonds is 3. The van der Waals surface area contributed by atoms with Crippen molar-refractivity contribution in [1.29, 1.82) is 0 Å². The molecule has 0 heterocycles. The predicted octanol–water partition coefficient (Wildman–Crippen LogP) is 1.48. The molecule has 126 valence electrons. The largest absolute Gasteiger partial charge is 0.444 e. The van der Waals surface area contributed by atoms with Crippen LogP contribution in [-0.2, 0) is 14.3 Å². The highest BCUT2D eigenvalue weighted by Crippen LogP contribution is 2.28. The number of hydrazine groups is 1. The van der Waals surface area contributed by atoms with Crippen LogP contribution in [0.25, 0.3) is 0 Å². The Labute approximate surface area is 131 Å². The minimum absolute atomic E-state index is 0.0790. The molecule has 22 heavy (non-hydrogen) atoms. The second kappa shape index (κ2) is 8.00. The Kier molecular flexibility index (Phi) is 6.64. The fraction of sp³-hybridized carbons (Fsp3) is 0.800. The molecule has 0 atom stereocenters. The Balaban J connectivity index is 2.24. The zero-order valence-electron chi connectivity index (χ0n) is 13.8. The highest BCUT2D eigenvalue weighted by Gasteiger charge is 2.27. The number of carbonyl (C=O) groups excluding carboxylic acids is 3. The third kappa shape index (κ3) is 7.28. The highest BCUT2D eigenvalue weighted by atomic mass is 16.6. The summed E-state index contributed by atoms with van der Waals surface area (Å²) in [7, 11) is 0. The summed E-state index contributed by atoms with van der Waals surface area (Å²) in [5, 5.41) is 2.77. The van der Waals surface area contributed by atoms with Gasteiger partial charge in [0.15, 0.2) is 0 Å². The van der Waals surface area contributed by atoms with Crippen molar-refractivity contribution in [3.8, 4) is 0 Å². The number of carbonyl (C=O) groups is 3. The summed E-state index contributed by atoms with van der Waals surface area (Å²) >= 11 is 0. The van der Waals surface area contributed by atoms with Gasteiger partial charge in [-0.05, 0) is 52.4 Å². The Morgan fingerprint density at radius 2 is 1.64 bits per heavy atom. The van der Waals surface area contributed by atoms with Gasteiger partial charge in [-0.2, -0.15) is 0 Å². The maximum atomic E-state index is 11.8. The van der Waals surface area contributed by atoms with Gasteiger partial charge in [0.2, 0.25) is 11.8 Å². The molecule has 1 aliphatic carbocycles. The predicted molar refractivity (Wildman–Crippen MR) is 81.6 cm³/mol. The van der Waals surface area contributed by atoms with Crippen molar-refractivity contribution in [3.05, 3.63) is 0 Å². The molecule has 3 N–H and O–H groups in total. The van der Waals surface area contributed by atoms with Gasteiger partial charge in [0.05, 0.1) is 0 Å². The summed E-state index contributed by atoms with van der Waals surface area (Å²) in [5.74, 6) is -0.153. The molecule has 1 aliphatic rings. The van der Waals surface area contributed by atoms with Crippen molar-refractivity contribution in [2.24, 2.45) is 11.8 Å². The van der Waals surface area contributed by atoms with Crippen LogP contribution in [0.4, 0.5) is 4.79 Å². The van der Waals surface area contributed by atoms with Crippen LogP contribution in [0.5, 0.6) is 0 Å². The van der Waals surface area contributed by atoms with E-state index in [4.69, 9.17) is 4.74 Å². The first-order valence-electron chi connectivity index (χ1n) is 7.70. The van der Waals surface area contributed by atoms with Crippen LogP contribution >= 0.6 is 0 Å². The molecule has 0 bridgehead atoms. The van der Waals surface area contributed by atoms with Gasteiger partial charge in [-0.3, -0.25) is 20.4 Å². The Bertz CT molecular complexity index is 410. The first-order valence-corrected chi connectivity index (χ1v) is 7.70. The summed E-state index contributed by atoms with van der Waals surface area (Å²) < 4.78 is 5.19. The lowest BCUT2D eigenvalue weighted by Gasteiger charge is -2.28. The fourth-order valence-corrected chi connectivity index (χ4v) is 2.42. The van der Waals surface area contributed by atoms with Crippen LogP contribution in [0.2, 0.25) is 0 Å². The second-order valence-corrected chi connectivity index (χ2v) is 6.77. The third-order valence-electron chi connectivity index (χ3n) is 3.51. The molecule has 0 spiro atoms. The SMILES string of the molecule is CC(=O)NNC(=O)C1CCC(CNC(=O)OC(C)(C)C)CC1. The molecule has 7 nitrogen and oxygen atoms in total. The maximum Gasteiger partial charge on any atom is 0.407 e. The Hall–Kier alpha value is -1.79. The molecule has 1 fully saturated rings. The van der Waals surface area contributed by atoms with Gasteiger partial charge in [0.25, 0.3) is 0 Å². The molecule has 0 radical (unpaired) electrons. The van der Waals surface area contributed by atoms with Crippen molar-refractivity contribution in [2.45, 2.75) is 59.0 Å². The number of hydrogen-bond donors (Lipinski definition) is 3. The number of nitrogens with one attached hydrogen (secondary N) is 3. The normalized spacial score (nSPS) is 21.6. The first-order chi connectivity index (χ1) is 10.2.